The van der Waals surface area contributed by atoms with Crippen LogP contribution in [-0.2, 0) is 16.9 Å². The van der Waals surface area contributed by atoms with Crippen molar-refractivity contribution in [2.75, 3.05) is 6.61 Å². The highest BCUT2D eigenvalue weighted by Crippen LogP contribution is 2.51. The van der Waals surface area contributed by atoms with Crippen LogP contribution in [0.1, 0.15) is 25.3 Å². The molecule has 0 aliphatic heterocycles. The van der Waals surface area contributed by atoms with E-state index in [0.717, 1.165) is 47.8 Å². The maximum atomic E-state index is 10.1. The number of aromatic nitrogens is 2. The molecule has 2 heterocycles. The van der Waals surface area contributed by atoms with Crippen molar-refractivity contribution in [2.45, 2.75) is 63.7 Å². The van der Waals surface area contributed by atoms with Crippen LogP contribution in [-0.4, -0.2) is 35.4 Å². The van der Waals surface area contributed by atoms with Crippen molar-refractivity contribution in [3.05, 3.63) is 52.1 Å². The van der Waals surface area contributed by atoms with Crippen molar-refractivity contribution in [3.63, 3.8) is 0 Å². The molecule has 1 aliphatic rings. The summed E-state index contributed by atoms with van der Waals surface area (Å²) < 4.78 is 7.80. The molecule has 3 aromatic rings. The average Bonchev–Trinajstić information content (AvgIpc) is 3.45. The monoisotopic (exact) mass is 476 g/mol. The molecule has 7 heteroatoms. The van der Waals surface area contributed by atoms with Crippen molar-refractivity contribution < 1.29 is 9.84 Å². The number of aliphatic hydroxyl groups is 1. The van der Waals surface area contributed by atoms with E-state index in [2.05, 4.69) is 31.8 Å². The number of fused-ring (bicyclic) bond motifs is 1. The molecule has 0 amide bonds. The fraction of sp³-hybridized carbons (Fsp3) is 0.458. The molecule has 1 unspecified atom stereocenters. The highest BCUT2D eigenvalue weighted by Gasteiger charge is 2.48. The first-order valence-corrected chi connectivity index (χ1v) is 15.3. The first-order valence-electron chi connectivity index (χ1n) is 10.8. The third-order valence-corrected chi connectivity index (χ3v) is 8.63. The van der Waals surface area contributed by atoms with Crippen LogP contribution in [0.2, 0.25) is 35.9 Å². The zero-order valence-corrected chi connectivity index (χ0v) is 21.1. The van der Waals surface area contributed by atoms with Crippen molar-refractivity contribution in [1.82, 2.24) is 9.55 Å². The molecule has 1 N–H and O–H groups in total. The SMILES string of the molecule is CC(O)C1(c2ccc(-c3nc4cc(Cl)n(COCC[Si](C)(C)C)c4cc3Cl)cc2)CC1. The van der Waals surface area contributed by atoms with Gasteiger partial charge in [-0.2, -0.15) is 0 Å². The summed E-state index contributed by atoms with van der Waals surface area (Å²) in [7, 11) is -1.13. The summed E-state index contributed by atoms with van der Waals surface area (Å²) in [5.41, 5.74) is 4.44. The van der Waals surface area contributed by atoms with Crippen molar-refractivity contribution in [2.24, 2.45) is 0 Å². The van der Waals surface area contributed by atoms with Crippen LogP contribution < -0.4 is 0 Å². The minimum Gasteiger partial charge on any atom is -0.392 e. The highest BCUT2D eigenvalue weighted by atomic mass is 35.5. The number of hydrogen-bond acceptors (Lipinski definition) is 3. The summed E-state index contributed by atoms with van der Waals surface area (Å²) >= 11 is 13.1. The van der Waals surface area contributed by atoms with Gasteiger partial charge in [-0.1, -0.05) is 67.1 Å². The fourth-order valence-corrected chi connectivity index (χ4v) is 5.29. The maximum absolute atomic E-state index is 10.1. The van der Waals surface area contributed by atoms with Gasteiger partial charge in [0.05, 0.1) is 27.9 Å². The van der Waals surface area contributed by atoms with Gasteiger partial charge in [-0.05, 0) is 37.4 Å². The number of aliphatic hydroxyl groups excluding tert-OH is 1. The van der Waals surface area contributed by atoms with Crippen LogP contribution in [0.25, 0.3) is 22.3 Å². The lowest BCUT2D eigenvalue weighted by Crippen LogP contribution is -2.22. The second kappa shape index (κ2) is 8.52. The van der Waals surface area contributed by atoms with E-state index < -0.39 is 8.07 Å². The third kappa shape index (κ3) is 4.71. The lowest BCUT2D eigenvalue weighted by Gasteiger charge is -2.19. The zero-order chi connectivity index (χ0) is 22.4. The smallest absolute Gasteiger partial charge is 0.124 e. The van der Waals surface area contributed by atoms with Gasteiger partial charge in [-0.25, -0.2) is 4.98 Å². The summed E-state index contributed by atoms with van der Waals surface area (Å²) in [5, 5.41) is 11.3. The third-order valence-electron chi connectivity index (χ3n) is 6.33. The molecular weight excluding hydrogens is 447 g/mol. The zero-order valence-electron chi connectivity index (χ0n) is 18.6. The number of hydrogen-bond donors (Lipinski definition) is 1. The Kier molecular flexibility index (Phi) is 6.27. The molecule has 0 bridgehead atoms. The molecule has 31 heavy (non-hydrogen) atoms. The maximum Gasteiger partial charge on any atom is 0.124 e. The average molecular weight is 478 g/mol. The first-order chi connectivity index (χ1) is 14.6. The molecule has 4 rings (SSSR count). The van der Waals surface area contributed by atoms with Gasteiger partial charge in [0.25, 0.3) is 0 Å². The second-order valence-corrected chi connectivity index (χ2v) is 16.3. The molecule has 0 spiro atoms. The van der Waals surface area contributed by atoms with E-state index in [1.54, 1.807) is 0 Å². The molecule has 0 saturated heterocycles. The van der Waals surface area contributed by atoms with Crippen molar-refractivity contribution in [3.8, 4) is 11.3 Å². The van der Waals surface area contributed by atoms with Gasteiger partial charge in [0.2, 0.25) is 0 Å². The Morgan fingerprint density at radius 2 is 1.84 bits per heavy atom. The molecule has 1 aliphatic carbocycles. The Bertz CT molecular complexity index is 1080. The van der Waals surface area contributed by atoms with Crippen molar-refractivity contribution >= 4 is 42.3 Å². The van der Waals surface area contributed by atoms with Crippen LogP contribution in [0.5, 0.6) is 0 Å². The number of halogens is 2. The lowest BCUT2D eigenvalue weighted by molar-refractivity contribution is 0.0904. The fourth-order valence-electron chi connectivity index (χ4n) is 4.03. The Balaban J connectivity index is 1.57. The molecule has 166 valence electrons. The second-order valence-electron chi connectivity index (χ2n) is 9.88. The van der Waals surface area contributed by atoms with E-state index >= 15 is 0 Å². The van der Waals surface area contributed by atoms with Gasteiger partial charge in [0, 0.05) is 31.7 Å². The minimum atomic E-state index is -1.13. The van der Waals surface area contributed by atoms with Gasteiger partial charge in [0.15, 0.2) is 0 Å². The summed E-state index contributed by atoms with van der Waals surface area (Å²) in [6.07, 6.45) is 1.72. The summed E-state index contributed by atoms with van der Waals surface area (Å²) in [6.45, 7) is 9.99. The standard InChI is InChI=1S/C24H30Cl2N2O2Si/c1-16(29)24(9-10-24)18-7-5-17(6-8-18)23-19(25)13-21-20(27-23)14-22(26)28(21)15-30-11-12-31(2,3)4/h5-8,13-14,16,29H,9-12,15H2,1-4H3. The van der Waals surface area contributed by atoms with Gasteiger partial charge >= 0.3 is 0 Å². The van der Waals surface area contributed by atoms with Gasteiger partial charge < -0.3 is 14.4 Å². The van der Waals surface area contributed by atoms with Crippen LogP contribution in [0.3, 0.4) is 0 Å². The highest BCUT2D eigenvalue weighted by molar-refractivity contribution is 6.76. The topological polar surface area (TPSA) is 47.3 Å². The number of pyridine rings is 1. The largest absolute Gasteiger partial charge is 0.392 e. The van der Waals surface area contributed by atoms with Crippen LogP contribution >= 0.6 is 23.2 Å². The van der Waals surface area contributed by atoms with E-state index in [4.69, 9.17) is 32.9 Å². The summed E-state index contributed by atoms with van der Waals surface area (Å²) in [4.78, 5) is 4.80. The minimum absolute atomic E-state index is 0.0834. The molecular formula is C24H30Cl2N2O2Si. The number of rotatable bonds is 8. The predicted molar refractivity (Wildman–Crippen MR) is 132 cm³/mol. The van der Waals surface area contributed by atoms with Gasteiger partial charge in [0.1, 0.15) is 11.9 Å². The normalized spacial score (nSPS) is 16.6. The predicted octanol–water partition coefficient (Wildman–Crippen LogP) is 6.73. The van der Waals surface area contributed by atoms with Gasteiger partial charge in [-0.3, -0.25) is 0 Å². The molecule has 2 aromatic heterocycles. The van der Waals surface area contributed by atoms with E-state index in [-0.39, 0.29) is 11.5 Å². The van der Waals surface area contributed by atoms with Crippen molar-refractivity contribution in [1.29, 1.82) is 0 Å². The molecule has 1 saturated carbocycles. The quantitative estimate of drug-likeness (QED) is 0.289. The Morgan fingerprint density at radius 3 is 2.42 bits per heavy atom. The molecule has 1 atom stereocenters. The summed E-state index contributed by atoms with van der Waals surface area (Å²) in [5.74, 6) is 0. The Labute approximate surface area is 195 Å². The molecule has 1 fully saturated rings. The van der Waals surface area contributed by atoms with Crippen LogP contribution in [0.15, 0.2) is 36.4 Å². The van der Waals surface area contributed by atoms with E-state index in [0.29, 0.717) is 16.9 Å². The van der Waals surface area contributed by atoms with Crippen LogP contribution in [0.4, 0.5) is 0 Å². The van der Waals surface area contributed by atoms with Crippen LogP contribution in [0, 0.1) is 0 Å². The lowest BCUT2D eigenvalue weighted by atomic mass is 9.90. The molecule has 0 radical (unpaired) electrons. The molecule has 4 nitrogen and oxygen atoms in total. The number of nitrogens with zero attached hydrogens (tertiary/aromatic N) is 2. The number of benzene rings is 1. The summed E-state index contributed by atoms with van der Waals surface area (Å²) in [6, 6.07) is 13.1. The van der Waals surface area contributed by atoms with Gasteiger partial charge in [-0.15, -0.1) is 0 Å². The van der Waals surface area contributed by atoms with E-state index in [1.807, 2.05) is 35.8 Å². The van der Waals surface area contributed by atoms with E-state index in [9.17, 15) is 5.11 Å². The molecule has 1 aromatic carbocycles. The Hall–Kier alpha value is -1.37. The van der Waals surface area contributed by atoms with E-state index in [1.165, 1.54) is 5.56 Å². The first kappa shape index (κ1) is 22.8. The number of ether oxygens (including phenoxy) is 1. The Morgan fingerprint density at radius 1 is 1.16 bits per heavy atom.